The van der Waals surface area contributed by atoms with E-state index < -0.39 is 13.7 Å². The predicted octanol–water partition coefficient (Wildman–Crippen LogP) is 12.4. The molecule has 5 nitrogen and oxygen atoms in total. The molecule has 265 valence electrons. The van der Waals surface area contributed by atoms with Crippen molar-refractivity contribution in [3.8, 4) is 28.3 Å². The Morgan fingerprint density at radius 1 is 0.698 bits per heavy atom. The van der Waals surface area contributed by atoms with Gasteiger partial charge in [-0.05, 0) is 47.1 Å². The zero-order valence-corrected chi connectivity index (χ0v) is 32.1. The normalized spacial score (nSPS) is 13.5. The summed E-state index contributed by atoms with van der Waals surface area (Å²) in [7, 11) is 0. The molecule has 0 aliphatic rings. The van der Waals surface area contributed by atoms with Crippen LogP contribution < -0.4 is 0 Å². The van der Waals surface area contributed by atoms with Crippen molar-refractivity contribution in [2.24, 2.45) is 0 Å². The fraction of sp³-hybridized carbons (Fsp3) is 0.170. The quantitative estimate of drug-likeness (QED) is 0.162. The third-order valence-corrected chi connectivity index (χ3v) is 9.38. The van der Waals surface area contributed by atoms with Gasteiger partial charge in [0.25, 0.3) is 0 Å². The van der Waals surface area contributed by atoms with Gasteiger partial charge in [0, 0.05) is 62.6 Å². The number of fused-ring (bicyclic) bond motifs is 6. The summed E-state index contributed by atoms with van der Waals surface area (Å²) < 4.78 is 52.4. The topological polar surface area (TPSA) is 56.7 Å². The second-order valence-electron chi connectivity index (χ2n) is 13.5. The largest absolute Gasteiger partial charge is 0.501 e. The van der Waals surface area contributed by atoms with Crippen LogP contribution in [0.3, 0.4) is 0 Å². The molecule has 1 radical (unpaired) electrons. The molecule has 53 heavy (non-hydrogen) atoms. The summed E-state index contributed by atoms with van der Waals surface area (Å²) in [5.74, 6) is 1.43. The maximum Gasteiger partial charge on any atom is 0.156 e. The average molecular weight is 875 g/mol. The molecule has 0 fully saturated rings. The van der Waals surface area contributed by atoms with Crippen LogP contribution in [0.4, 0.5) is 0 Å². The molecule has 0 spiro atoms. The first kappa shape index (κ1) is 29.1. The molecular weight excluding hydrogens is 829 g/mol. The number of imidazole rings is 1. The molecule has 0 aliphatic heterocycles. The van der Waals surface area contributed by atoms with Crippen LogP contribution in [0.5, 0.6) is 0 Å². The zero-order chi connectivity index (χ0) is 40.9. The van der Waals surface area contributed by atoms with Crippen LogP contribution in [0, 0.1) is 25.8 Å². The Morgan fingerprint density at radius 3 is 2.13 bits per heavy atom. The number of pyridine rings is 2. The molecule has 0 aliphatic carbocycles. The van der Waals surface area contributed by atoms with Gasteiger partial charge in [0.05, 0.1) is 11.4 Å². The number of furan rings is 1. The Hall–Kier alpha value is -5.42. The summed E-state index contributed by atoms with van der Waals surface area (Å²) in [5, 5.41) is 4.31. The smallest absolute Gasteiger partial charge is 0.156 e. The maximum atomic E-state index is 7.28. The van der Waals surface area contributed by atoms with Gasteiger partial charge >= 0.3 is 0 Å². The second kappa shape index (κ2) is 14.9. The van der Waals surface area contributed by atoms with Crippen molar-refractivity contribution in [2.75, 3.05) is 0 Å². The van der Waals surface area contributed by atoms with E-state index in [9.17, 15) is 0 Å². The van der Waals surface area contributed by atoms with Crippen molar-refractivity contribution in [2.45, 2.75) is 53.2 Å². The SMILES string of the molecule is CC(C)c1cccc(C(C)C)c1-n1c(-c2[c-]ccc3c2oc2ccccc23)nc2c3ccccc3cnc21.[2H]C([2H])([2H])c1c[c-]c(-c2ccc(C([2H])([2H])[2H])cn2)cc1.[Ir]. The monoisotopic (exact) mass is 875 g/mol. The number of aryl methyl sites for hydroxylation is 2. The van der Waals surface area contributed by atoms with Crippen LogP contribution in [-0.4, -0.2) is 19.5 Å². The van der Waals surface area contributed by atoms with Gasteiger partial charge in [-0.25, -0.2) is 4.98 Å². The Labute approximate surface area is 332 Å². The molecule has 9 aromatic rings. The third-order valence-electron chi connectivity index (χ3n) is 9.38. The first-order chi connectivity index (χ1) is 27.7. The Kier molecular flexibility index (Phi) is 8.18. The fourth-order valence-electron chi connectivity index (χ4n) is 6.81. The number of aromatic nitrogens is 4. The predicted molar refractivity (Wildman–Crippen MR) is 214 cm³/mol. The zero-order valence-electron chi connectivity index (χ0n) is 35.7. The summed E-state index contributed by atoms with van der Waals surface area (Å²) in [6.07, 6.45) is 3.26. The van der Waals surface area contributed by atoms with E-state index in [2.05, 4.69) is 97.9 Å². The first-order valence-electron chi connectivity index (χ1n) is 20.4. The number of hydrogen-bond acceptors (Lipinski definition) is 4. The second-order valence-corrected chi connectivity index (χ2v) is 13.5. The molecule has 0 saturated heterocycles. The van der Waals surface area contributed by atoms with Crippen molar-refractivity contribution in [1.29, 1.82) is 0 Å². The summed E-state index contributed by atoms with van der Waals surface area (Å²) >= 11 is 0. The van der Waals surface area contributed by atoms with Crippen molar-refractivity contribution in [3.05, 3.63) is 156 Å². The average Bonchev–Trinajstić information content (AvgIpc) is 3.79. The van der Waals surface area contributed by atoms with Gasteiger partial charge in [0.2, 0.25) is 0 Å². The summed E-state index contributed by atoms with van der Waals surface area (Å²) in [6.45, 7) is 4.65. The van der Waals surface area contributed by atoms with E-state index >= 15 is 0 Å². The van der Waals surface area contributed by atoms with E-state index in [1.165, 1.54) is 35.5 Å². The molecule has 0 N–H and O–H groups in total. The Bertz CT molecular complexity index is 2850. The minimum Gasteiger partial charge on any atom is -0.501 e. The Morgan fingerprint density at radius 2 is 1.43 bits per heavy atom. The molecule has 0 bridgehead atoms. The standard InChI is InChI=1S/C34H28N3O.C13H12N.Ir/c1-20(2)23-14-9-15-24(21(3)4)31(23)37-33(36-30-25-12-6-5-11-22(25)19-35-34(30)37)28-17-10-16-27-26-13-7-8-18-29(26)38-32(27)28;1-10-3-6-12(7-4-10)13-8-5-11(2)9-14-13;/h5-16,18-21H,1-4H3;3-6,8-9H,1-2H3;/q2*-1;/i;1D3,2D3;. The van der Waals surface area contributed by atoms with Crippen LogP contribution in [0.25, 0.3) is 72.2 Å². The van der Waals surface area contributed by atoms with Crippen molar-refractivity contribution >= 4 is 43.9 Å². The molecule has 0 saturated carbocycles. The van der Waals surface area contributed by atoms with E-state index in [1.807, 2.05) is 36.5 Å². The van der Waals surface area contributed by atoms with Crippen LogP contribution in [0.15, 0.2) is 126 Å². The van der Waals surface area contributed by atoms with E-state index in [1.54, 1.807) is 12.1 Å². The summed E-state index contributed by atoms with van der Waals surface area (Å²) in [4.78, 5) is 14.4. The van der Waals surface area contributed by atoms with Crippen LogP contribution >= 0.6 is 0 Å². The number of nitrogens with zero attached hydrogens (tertiary/aromatic N) is 4. The van der Waals surface area contributed by atoms with Crippen LogP contribution in [0.1, 0.15) is 70.0 Å². The molecule has 4 heterocycles. The minimum atomic E-state index is -2.18. The minimum absolute atomic E-state index is 0. The molecule has 0 atom stereocenters. The Balaban J connectivity index is 0.000000214. The van der Waals surface area contributed by atoms with Gasteiger partial charge in [-0.2, -0.15) is 0 Å². The van der Waals surface area contributed by atoms with Gasteiger partial charge < -0.3 is 14.0 Å². The number of rotatable bonds is 5. The molecule has 0 unspecified atom stereocenters. The molecule has 0 amide bonds. The first-order valence-corrected chi connectivity index (χ1v) is 17.4. The van der Waals surface area contributed by atoms with Crippen molar-refractivity contribution in [1.82, 2.24) is 19.5 Å². The van der Waals surface area contributed by atoms with E-state index in [0.29, 0.717) is 23.1 Å². The van der Waals surface area contributed by atoms with Gasteiger partial charge in [0.1, 0.15) is 11.1 Å². The molecule has 6 heteroatoms. The van der Waals surface area contributed by atoms with Gasteiger partial charge in [-0.1, -0.05) is 118 Å². The number of hydrogen-bond donors (Lipinski definition) is 0. The third kappa shape index (κ3) is 6.70. The van der Waals surface area contributed by atoms with Crippen LogP contribution in [-0.2, 0) is 20.1 Å². The van der Waals surface area contributed by atoms with Gasteiger partial charge in [-0.3, -0.25) is 4.98 Å². The van der Waals surface area contributed by atoms with E-state index in [4.69, 9.17) is 22.6 Å². The van der Waals surface area contributed by atoms with Crippen LogP contribution in [0.2, 0.25) is 0 Å². The molecular formula is C47H40IrN4O-2. The number of para-hydroxylation sites is 2. The van der Waals surface area contributed by atoms with Gasteiger partial charge in [0.15, 0.2) is 5.65 Å². The molecule has 4 aromatic heterocycles. The molecule has 5 aromatic carbocycles. The van der Waals surface area contributed by atoms with Crippen molar-refractivity contribution in [3.63, 3.8) is 0 Å². The molecule has 9 rings (SSSR count). The van der Waals surface area contributed by atoms with E-state index in [-0.39, 0.29) is 31.2 Å². The van der Waals surface area contributed by atoms with Crippen molar-refractivity contribution < 1.29 is 32.7 Å². The number of benzene rings is 5. The van der Waals surface area contributed by atoms with E-state index in [0.717, 1.165) is 61.0 Å². The fourth-order valence-corrected chi connectivity index (χ4v) is 6.81. The summed E-state index contributed by atoms with van der Waals surface area (Å²) in [5.41, 5.74) is 9.46. The summed E-state index contributed by atoms with van der Waals surface area (Å²) in [6, 6.07) is 41.1. The maximum absolute atomic E-state index is 7.28. The van der Waals surface area contributed by atoms with Gasteiger partial charge in [-0.15, -0.1) is 53.6 Å².